The number of nitrogens with one attached hydrogen (secondary N) is 1. The van der Waals surface area contributed by atoms with E-state index in [-0.39, 0.29) is 38.8 Å². The Kier molecular flexibility index (Phi) is 25.1. The standard InChI is InChI=1S/C46H66NO10P/c1-3-4-5-6-7-8-9-10-11-12-13-14-15-16-26-33-44(48)57-39(2)34-54-58(51,55-37-42-31-24-19-25-32-42)56-38-43(45(49)52-35-40-27-20-17-21-28-40)47-46(50)53-36-41-29-22-18-23-30-41/h17-25,27-32,39,43H,3-16,26,33-38H2,1-2H3,(H,47,50)/t39-,43+,58?/m1/s1. The summed E-state index contributed by atoms with van der Waals surface area (Å²) >= 11 is 0. The number of benzene rings is 3. The van der Waals surface area contributed by atoms with Gasteiger partial charge in [0.15, 0.2) is 6.04 Å². The number of unbranched alkanes of at least 4 members (excludes halogenated alkanes) is 14. The Hall–Kier alpha value is -4.02. The minimum Gasteiger partial charge on any atom is -0.460 e. The van der Waals surface area contributed by atoms with E-state index >= 15 is 0 Å². The van der Waals surface area contributed by atoms with Crippen molar-refractivity contribution in [2.75, 3.05) is 13.2 Å². The summed E-state index contributed by atoms with van der Waals surface area (Å²) in [6.07, 6.45) is 17.2. The van der Waals surface area contributed by atoms with Crippen molar-refractivity contribution in [1.82, 2.24) is 5.32 Å². The predicted octanol–water partition coefficient (Wildman–Crippen LogP) is 11.6. The largest absolute Gasteiger partial charge is 0.475 e. The molecule has 0 aliphatic carbocycles. The fourth-order valence-electron chi connectivity index (χ4n) is 6.06. The van der Waals surface area contributed by atoms with Gasteiger partial charge in [0.1, 0.15) is 19.3 Å². The van der Waals surface area contributed by atoms with E-state index in [1.165, 1.54) is 77.0 Å². The van der Waals surface area contributed by atoms with Crippen LogP contribution in [0, 0.1) is 0 Å². The van der Waals surface area contributed by atoms with Gasteiger partial charge in [0.2, 0.25) is 0 Å². The number of carbonyl (C=O) groups is 3. The summed E-state index contributed by atoms with van der Waals surface area (Å²) in [4.78, 5) is 38.7. The van der Waals surface area contributed by atoms with Crippen LogP contribution in [0.2, 0.25) is 0 Å². The summed E-state index contributed by atoms with van der Waals surface area (Å²) in [6, 6.07) is 25.6. The second-order valence-electron chi connectivity index (χ2n) is 14.6. The molecule has 58 heavy (non-hydrogen) atoms. The topological polar surface area (TPSA) is 136 Å². The van der Waals surface area contributed by atoms with E-state index in [9.17, 15) is 18.9 Å². The molecule has 0 aromatic heterocycles. The lowest BCUT2D eigenvalue weighted by Gasteiger charge is -2.23. The van der Waals surface area contributed by atoms with Crippen LogP contribution in [0.5, 0.6) is 0 Å². The van der Waals surface area contributed by atoms with Gasteiger partial charge in [-0.3, -0.25) is 18.4 Å². The molecule has 0 bridgehead atoms. The highest BCUT2D eigenvalue weighted by molar-refractivity contribution is 7.48. The fourth-order valence-corrected chi connectivity index (χ4v) is 7.32. The molecule has 3 atom stereocenters. The highest BCUT2D eigenvalue weighted by Crippen LogP contribution is 2.50. The average molecular weight is 824 g/mol. The smallest absolute Gasteiger partial charge is 0.460 e. The number of phosphoric ester groups is 1. The Morgan fingerprint density at radius 1 is 0.552 bits per heavy atom. The summed E-state index contributed by atoms with van der Waals surface area (Å²) in [5.74, 6) is -1.22. The van der Waals surface area contributed by atoms with Crippen LogP contribution in [0.15, 0.2) is 91.0 Å². The van der Waals surface area contributed by atoms with Crippen LogP contribution >= 0.6 is 7.82 Å². The first-order valence-corrected chi connectivity index (χ1v) is 22.7. The highest BCUT2D eigenvalue weighted by atomic mass is 31.2. The van der Waals surface area contributed by atoms with Crippen molar-refractivity contribution in [3.63, 3.8) is 0 Å². The van der Waals surface area contributed by atoms with Crippen molar-refractivity contribution in [1.29, 1.82) is 0 Å². The molecule has 320 valence electrons. The number of hydrogen-bond donors (Lipinski definition) is 1. The molecule has 1 unspecified atom stereocenters. The number of carbonyl (C=O) groups excluding carboxylic acids is 3. The van der Waals surface area contributed by atoms with Gasteiger partial charge in [-0.15, -0.1) is 0 Å². The van der Waals surface area contributed by atoms with Gasteiger partial charge in [-0.05, 0) is 30.0 Å². The zero-order chi connectivity index (χ0) is 41.5. The number of rotatable bonds is 32. The van der Waals surface area contributed by atoms with Crippen molar-refractivity contribution in [2.45, 2.75) is 149 Å². The first-order valence-electron chi connectivity index (χ1n) is 21.2. The van der Waals surface area contributed by atoms with E-state index in [1.54, 1.807) is 67.6 Å². The molecular weight excluding hydrogens is 757 g/mol. The molecule has 0 radical (unpaired) electrons. The first kappa shape index (κ1) is 48.3. The van der Waals surface area contributed by atoms with Gasteiger partial charge >= 0.3 is 25.9 Å². The normalized spacial score (nSPS) is 13.2. The molecule has 0 heterocycles. The highest BCUT2D eigenvalue weighted by Gasteiger charge is 2.33. The summed E-state index contributed by atoms with van der Waals surface area (Å²) in [6.45, 7) is 2.69. The minimum atomic E-state index is -4.40. The Morgan fingerprint density at radius 2 is 0.983 bits per heavy atom. The third-order valence-electron chi connectivity index (χ3n) is 9.43. The van der Waals surface area contributed by atoms with Gasteiger partial charge in [0.25, 0.3) is 0 Å². The van der Waals surface area contributed by atoms with Crippen molar-refractivity contribution in [3.05, 3.63) is 108 Å². The van der Waals surface area contributed by atoms with Crippen LogP contribution in [-0.2, 0) is 61.8 Å². The van der Waals surface area contributed by atoms with E-state index < -0.39 is 38.6 Å². The second-order valence-corrected chi connectivity index (χ2v) is 16.3. The monoisotopic (exact) mass is 823 g/mol. The van der Waals surface area contributed by atoms with Crippen LogP contribution in [0.3, 0.4) is 0 Å². The Balaban J connectivity index is 1.45. The third-order valence-corrected chi connectivity index (χ3v) is 10.8. The van der Waals surface area contributed by atoms with Gasteiger partial charge in [-0.1, -0.05) is 188 Å². The average Bonchev–Trinajstić information content (AvgIpc) is 3.24. The van der Waals surface area contributed by atoms with Crippen LogP contribution in [0.1, 0.15) is 133 Å². The van der Waals surface area contributed by atoms with Gasteiger partial charge in [-0.25, -0.2) is 14.2 Å². The lowest BCUT2D eigenvalue weighted by molar-refractivity contribution is -0.151. The Bertz CT molecular complexity index is 1580. The molecule has 0 saturated heterocycles. The maximum atomic E-state index is 14.0. The van der Waals surface area contributed by atoms with Crippen LogP contribution < -0.4 is 5.32 Å². The Labute approximate surface area is 346 Å². The molecule has 0 spiro atoms. The van der Waals surface area contributed by atoms with Crippen molar-refractivity contribution < 1.29 is 46.7 Å². The SMILES string of the molecule is CCCCCCCCCCCCCCCCCC(=O)O[C@H](C)COP(=O)(OCc1ccccc1)OC[C@H](NC(=O)OCc1ccccc1)C(=O)OCc1ccccc1. The zero-order valence-corrected chi connectivity index (χ0v) is 35.6. The molecule has 3 aromatic rings. The van der Waals surface area contributed by atoms with E-state index in [0.29, 0.717) is 5.56 Å². The minimum absolute atomic E-state index is 0.0445. The predicted molar refractivity (Wildman–Crippen MR) is 226 cm³/mol. The molecule has 11 nitrogen and oxygen atoms in total. The van der Waals surface area contributed by atoms with Gasteiger partial charge in [-0.2, -0.15) is 0 Å². The molecule has 0 saturated carbocycles. The lowest BCUT2D eigenvalue weighted by Crippen LogP contribution is -2.45. The number of ether oxygens (including phenoxy) is 3. The van der Waals surface area contributed by atoms with E-state index in [4.69, 9.17) is 27.8 Å². The molecule has 0 aliphatic rings. The maximum absolute atomic E-state index is 14.0. The van der Waals surface area contributed by atoms with Crippen LogP contribution in [-0.4, -0.2) is 43.4 Å². The molecule has 3 aromatic carbocycles. The van der Waals surface area contributed by atoms with Crippen molar-refractivity contribution >= 4 is 25.9 Å². The van der Waals surface area contributed by atoms with E-state index in [2.05, 4.69) is 12.2 Å². The van der Waals surface area contributed by atoms with Crippen molar-refractivity contribution in [3.8, 4) is 0 Å². The molecular formula is C46H66NO10P. The number of hydrogen-bond acceptors (Lipinski definition) is 10. The third kappa shape index (κ3) is 22.8. The summed E-state index contributed by atoms with van der Waals surface area (Å²) in [5.41, 5.74) is 2.17. The first-order chi connectivity index (χ1) is 28.3. The number of esters is 2. The fraction of sp³-hybridized carbons (Fsp3) is 0.543. The van der Waals surface area contributed by atoms with Crippen LogP contribution in [0.4, 0.5) is 4.79 Å². The maximum Gasteiger partial charge on any atom is 0.475 e. The zero-order valence-electron chi connectivity index (χ0n) is 34.7. The molecule has 1 N–H and O–H groups in total. The van der Waals surface area contributed by atoms with E-state index in [0.717, 1.165) is 30.4 Å². The molecule has 1 amide bonds. The van der Waals surface area contributed by atoms with Crippen molar-refractivity contribution in [2.24, 2.45) is 0 Å². The molecule has 0 fully saturated rings. The van der Waals surface area contributed by atoms with Gasteiger partial charge in [0, 0.05) is 6.42 Å². The quantitative estimate of drug-likeness (QED) is 0.0280. The van der Waals surface area contributed by atoms with Crippen LogP contribution in [0.25, 0.3) is 0 Å². The molecule has 12 heteroatoms. The summed E-state index contributed by atoms with van der Waals surface area (Å²) < 4.78 is 47.3. The number of phosphoric acid groups is 1. The number of alkyl carbamates (subject to hydrolysis) is 1. The summed E-state index contributed by atoms with van der Waals surface area (Å²) in [7, 11) is -4.40. The second kappa shape index (κ2) is 30.1. The molecule has 3 rings (SSSR count). The summed E-state index contributed by atoms with van der Waals surface area (Å²) in [5, 5.41) is 2.45. The van der Waals surface area contributed by atoms with Gasteiger partial charge in [0.05, 0.1) is 19.8 Å². The Morgan fingerprint density at radius 3 is 1.48 bits per heavy atom. The molecule has 0 aliphatic heterocycles. The van der Waals surface area contributed by atoms with E-state index in [1.807, 2.05) is 30.3 Å². The number of amides is 1. The lowest BCUT2D eigenvalue weighted by atomic mass is 10.0. The van der Waals surface area contributed by atoms with Gasteiger partial charge < -0.3 is 19.5 Å².